The summed E-state index contributed by atoms with van der Waals surface area (Å²) in [6, 6.07) is 25.6. The van der Waals surface area contributed by atoms with E-state index in [9.17, 15) is 18.3 Å². The summed E-state index contributed by atoms with van der Waals surface area (Å²) in [7, 11) is 0. The minimum atomic E-state index is -4.31. The maximum atomic E-state index is 12.9. The fourth-order valence-electron chi connectivity index (χ4n) is 6.17. The molecule has 3 aliphatic rings. The van der Waals surface area contributed by atoms with Crippen molar-refractivity contribution in [2.75, 3.05) is 19.6 Å². The molecule has 3 aliphatic heterocycles. The van der Waals surface area contributed by atoms with Gasteiger partial charge < -0.3 is 9.59 Å². The number of nitrogens with zero attached hydrogens (tertiary/aromatic N) is 1. The standard InChI is InChI=1S/C28H29F3NO/c29-28(30,31)25-13-11-22(12-14-25)21-32-18-15-26(16-19-32,17-20-32)27(33,23-7-3-1-4-8-23)24-9-5-2-6-10-24/h1-14,33H,15-21H2/q+1. The Morgan fingerprint density at radius 2 is 1.12 bits per heavy atom. The molecule has 5 heteroatoms. The summed E-state index contributed by atoms with van der Waals surface area (Å²) in [4.78, 5) is 0. The number of piperidine rings is 3. The van der Waals surface area contributed by atoms with Gasteiger partial charge in [-0.15, -0.1) is 0 Å². The molecule has 172 valence electrons. The van der Waals surface area contributed by atoms with Gasteiger partial charge in [-0.2, -0.15) is 13.2 Å². The first kappa shape index (κ1) is 22.2. The molecule has 2 nitrogen and oxygen atoms in total. The number of fused-ring (bicyclic) bond motifs is 3. The van der Waals surface area contributed by atoms with Crippen LogP contribution in [0.4, 0.5) is 13.2 Å². The van der Waals surface area contributed by atoms with Crippen LogP contribution in [-0.4, -0.2) is 29.2 Å². The van der Waals surface area contributed by atoms with Crippen LogP contribution in [0, 0.1) is 5.41 Å². The van der Waals surface area contributed by atoms with E-state index in [0.29, 0.717) is 0 Å². The van der Waals surface area contributed by atoms with Crippen molar-refractivity contribution in [3.63, 3.8) is 0 Å². The predicted molar refractivity (Wildman–Crippen MR) is 122 cm³/mol. The lowest BCUT2D eigenvalue weighted by atomic mass is 9.56. The highest BCUT2D eigenvalue weighted by molar-refractivity contribution is 5.39. The number of quaternary nitrogens is 1. The summed E-state index contributed by atoms with van der Waals surface area (Å²) < 4.78 is 39.7. The van der Waals surface area contributed by atoms with Gasteiger partial charge in [-0.05, 0) is 23.3 Å². The summed E-state index contributed by atoms with van der Waals surface area (Å²) >= 11 is 0. The third-order valence-corrected chi connectivity index (χ3v) is 8.14. The largest absolute Gasteiger partial charge is 0.416 e. The van der Waals surface area contributed by atoms with E-state index in [4.69, 9.17) is 0 Å². The van der Waals surface area contributed by atoms with Gasteiger partial charge in [0.1, 0.15) is 12.1 Å². The molecular formula is C28H29F3NO+. The zero-order chi connectivity index (χ0) is 23.2. The van der Waals surface area contributed by atoms with Gasteiger partial charge in [-0.1, -0.05) is 72.8 Å². The molecule has 0 atom stereocenters. The maximum Gasteiger partial charge on any atom is 0.416 e. The fourth-order valence-corrected chi connectivity index (χ4v) is 6.17. The molecule has 0 amide bonds. The van der Waals surface area contributed by atoms with Gasteiger partial charge in [-0.3, -0.25) is 0 Å². The van der Waals surface area contributed by atoms with E-state index in [1.165, 1.54) is 12.1 Å². The molecular weight excluding hydrogens is 423 g/mol. The molecule has 6 rings (SSSR count). The zero-order valence-electron chi connectivity index (χ0n) is 18.6. The van der Waals surface area contributed by atoms with Crippen molar-refractivity contribution in [1.29, 1.82) is 0 Å². The maximum absolute atomic E-state index is 12.9. The average molecular weight is 453 g/mol. The van der Waals surface area contributed by atoms with Crippen molar-refractivity contribution < 1.29 is 22.8 Å². The molecule has 0 aromatic heterocycles. The Kier molecular flexibility index (Phi) is 5.37. The predicted octanol–water partition coefficient (Wildman–Crippen LogP) is 6.14. The van der Waals surface area contributed by atoms with Gasteiger partial charge in [0.05, 0.1) is 25.2 Å². The van der Waals surface area contributed by atoms with Gasteiger partial charge in [-0.25, -0.2) is 0 Å². The molecule has 3 heterocycles. The number of aliphatic hydroxyl groups is 1. The summed E-state index contributed by atoms with van der Waals surface area (Å²) in [6.45, 7) is 3.50. The SMILES string of the molecule is OC(c1ccccc1)(c1ccccc1)C12CC[N+](Cc3ccc(C(F)(F)F)cc3)(CC1)CC2. The molecule has 0 spiro atoms. The molecule has 1 N–H and O–H groups in total. The lowest BCUT2D eigenvalue weighted by molar-refractivity contribution is -0.958. The Morgan fingerprint density at radius 3 is 1.55 bits per heavy atom. The number of halogens is 3. The molecule has 3 aromatic carbocycles. The second kappa shape index (κ2) is 8.00. The van der Waals surface area contributed by atoms with Crippen LogP contribution in [0.5, 0.6) is 0 Å². The molecule has 3 saturated heterocycles. The second-order valence-corrected chi connectivity index (χ2v) is 9.84. The number of rotatable bonds is 5. The number of benzene rings is 3. The van der Waals surface area contributed by atoms with Crippen LogP contribution < -0.4 is 0 Å². The topological polar surface area (TPSA) is 20.2 Å². The van der Waals surface area contributed by atoms with E-state index in [1.807, 2.05) is 60.7 Å². The van der Waals surface area contributed by atoms with Crippen LogP contribution in [0.1, 0.15) is 41.5 Å². The Morgan fingerprint density at radius 1 is 0.667 bits per heavy atom. The van der Waals surface area contributed by atoms with Crippen LogP contribution in [0.15, 0.2) is 84.9 Å². The van der Waals surface area contributed by atoms with Gasteiger partial charge in [0.2, 0.25) is 0 Å². The molecule has 33 heavy (non-hydrogen) atoms. The molecule has 0 saturated carbocycles. The van der Waals surface area contributed by atoms with Gasteiger partial charge >= 0.3 is 6.18 Å². The van der Waals surface area contributed by atoms with Gasteiger partial charge in [0.15, 0.2) is 0 Å². The van der Waals surface area contributed by atoms with Crippen LogP contribution in [0.2, 0.25) is 0 Å². The van der Waals surface area contributed by atoms with Crippen LogP contribution in [0.25, 0.3) is 0 Å². The first-order chi connectivity index (χ1) is 15.8. The highest BCUT2D eigenvalue weighted by Crippen LogP contribution is 2.57. The van der Waals surface area contributed by atoms with Crippen LogP contribution >= 0.6 is 0 Å². The molecule has 3 aromatic rings. The number of hydrogen-bond donors (Lipinski definition) is 1. The zero-order valence-corrected chi connectivity index (χ0v) is 18.6. The van der Waals surface area contributed by atoms with Crippen molar-refractivity contribution in [3.05, 3.63) is 107 Å². The Hall–Kier alpha value is -2.63. The molecule has 2 bridgehead atoms. The average Bonchev–Trinajstić information content (AvgIpc) is 2.85. The highest BCUT2D eigenvalue weighted by Gasteiger charge is 2.60. The van der Waals surface area contributed by atoms with E-state index in [2.05, 4.69) is 0 Å². The monoisotopic (exact) mass is 452 g/mol. The Balaban J connectivity index is 1.42. The Labute approximate surface area is 192 Å². The van der Waals surface area contributed by atoms with Crippen LogP contribution in [-0.2, 0) is 18.3 Å². The Bertz CT molecular complexity index is 1030. The molecule has 0 radical (unpaired) electrons. The number of alkyl halides is 3. The van der Waals surface area contributed by atoms with E-state index < -0.39 is 17.3 Å². The fraction of sp³-hybridized carbons (Fsp3) is 0.357. The van der Waals surface area contributed by atoms with E-state index >= 15 is 0 Å². The van der Waals surface area contributed by atoms with Gasteiger partial charge in [0.25, 0.3) is 0 Å². The minimum Gasteiger partial charge on any atom is -0.380 e. The lowest BCUT2D eigenvalue weighted by Crippen LogP contribution is -2.66. The summed E-state index contributed by atoms with van der Waals surface area (Å²) in [5.74, 6) is 0. The first-order valence-corrected chi connectivity index (χ1v) is 11.6. The highest BCUT2D eigenvalue weighted by atomic mass is 19.4. The van der Waals surface area contributed by atoms with Crippen LogP contribution in [0.3, 0.4) is 0 Å². The summed E-state index contributed by atoms with van der Waals surface area (Å²) in [5, 5.41) is 12.4. The van der Waals surface area contributed by atoms with Crippen molar-refractivity contribution in [3.8, 4) is 0 Å². The minimum absolute atomic E-state index is 0.254. The van der Waals surface area contributed by atoms with Gasteiger partial charge in [0, 0.05) is 30.2 Å². The molecule has 0 unspecified atom stereocenters. The smallest absolute Gasteiger partial charge is 0.380 e. The lowest BCUT2D eigenvalue weighted by Gasteiger charge is -2.60. The third-order valence-electron chi connectivity index (χ3n) is 8.14. The quantitative estimate of drug-likeness (QED) is 0.461. The molecule has 0 aliphatic carbocycles. The van der Waals surface area contributed by atoms with Crippen molar-refractivity contribution in [2.24, 2.45) is 5.41 Å². The van der Waals surface area contributed by atoms with E-state index in [1.54, 1.807) is 12.1 Å². The third kappa shape index (κ3) is 3.77. The summed E-state index contributed by atoms with van der Waals surface area (Å²) in [6.07, 6.45) is -1.66. The van der Waals surface area contributed by atoms with Crippen molar-refractivity contribution >= 4 is 0 Å². The van der Waals surface area contributed by atoms with E-state index in [-0.39, 0.29) is 5.41 Å². The summed E-state index contributed by atoms with van der Waals surface area (Å²) in [5.41, 5.74) is 0.884. The molecule has 3 fully saturated rings. The van der Waals surface area contributed by atoms with E-state index in [0.717, 1.165) is 66.6 Å². The first-order valence-electron chi connectivity index (χ1n) is 11.6. The number of hydrogen-bond acceptors (Lipinski definition) is 1. The normalized spacial score (nSPS) is 25.2. The second-order valence-electron chi connectivity index (χ2n) is 9.84. The van der Waals surface area contributed by atoms with Crippen molar-refractivity contribution in [2.45, 2.75) is 37.6 Å². The van der Waals surface area contributed by atoms with Crippen molar-refractivity contribution in [1.82, 2.24) is 0 Å².